The Hall–Kier alpha value is -1.71. The highest BCUT2D eigenvalue weighted by molar-refractivity contribution is 14.0. The van der Waals surface area contributed by atoms with Crippen molar-refractivity contribution >= 4 is 29.9 Å². The van der Waals surface area contributed by atoms with E-state index in [9.17, 15) is 0 Å². The Morgan fingerprint density at radius 3 is 2.84 bits per heavy atom. The van der Waals surface area contributed by atoms with E-state index in [4.69, 9.17) is 0 Å². The summed E-state index contributed by atoms with van der Waals surface area (Å²) in [6, 6.07) is 2.06. The van der Waals surface area contributed by atoms with Gasteiger partial charge in [-0.15, -0.1) is 34.2 Å². The topological polar surface area (TPSA) is 80.0 Å². The summed E-state index contributed by atoms with van der Waals surface area (Å²) in [4.78, 5) is 8.77. The van der Waals surface area contributed by atoms with E-state index in [2.05, 4.69) is 62.2 Å². The highest BCUT2D eigenvalue weighted by Crippen LogP contribution is 2.05. The Kier molecular flexibility index (Phi) is 10.0. The molecule has 2 heterocycles. The summed E-state index contributed by atoms with van der Waals surface area (Å²) in [7, 11) is 0. The van der Waals surface area contributed by atoms with Crippen LogP contribution in [-0.4, -0.2) is 45.3 Å². The molecule has 0 bridgehead atoms. The minimum atomic E-state index is 0. The largest absolute Gasteiger partial charge is 0.357 e. The molecule has 0 aliphatic rings. The lowest BCUT2D eigenvalue weighted by Crippen LogP contribution is -2.39. The van der Waals surface area contributed by atoms with E-state index in [-0.39, 0.29) is 24.0 Å². The minimum Gasteiger partial charge on any atom is -0.357 e. The summed E-state index contributed by atoms with van der Waals surface area (Å²) < 4.78 is 2.07. The first-order valence-corrected chi connectivity index (χ1v) is 8.53. The summed E-state index contributed by atoms with van der Waals surface area (Å²) in [5.74, 6) is 1.85. The fourth-order valence-electron chi connectivity index (χ4n) is 2.45. The van der Waals surface area contributed by atoms with Crippen LogP contribution in [0.5, 0.6) is 0 Å². The number of hydrogen-bond acceptors (Lipinski definition) is 4. The van der Waals surface area contributed by atoms with Crippen LogP contribution in [0.25, 0.3) is 0 Å². The van der Waals surface area contributed by atoms with E-state index in [1.807, 2.05) is 12.4 Å². The quantitative estimate of drug-likeness (QED) is 0.360. The van der Waals surface area contributed by atoms with Crippen LogP contribution in [0.3, 0.4) is 0 Å². The van der Waals surface area contributed by atoms with Crippen LogP contribution in [0.4, 0.5) is 0 Å². The zero-order chi connectivity index (χ0) is 17.2. The van der Waals surface area contributed by atoms with Gasteiger partial charge in [-0.3, -0.25) is 9.98 Å². The van der Waals surface area contributed by atoms with Gasteiger partial charge in [-0.25, -0.2) is 0 Å². The number of nitrogens with zero attached hydrogens (tertiary/aromatic N) is 5. The SMILES string of the molecule is CCNC(=NCCc1ccncc1C)NCCn1cnnc1CC.I. The molecule has 0 aliphatic carbocycles. The lowest BCUT2D eigenvalue weighted by molar-refractivity contribution is 0.632. The van der Waals surface area contributed by atoms with Gasteiger partial charge in [-0.05, 0) is 37.5 Å². The number of guanidine groups is 1. The maximum absolute atomic E-state index is 4.64. The maximum Gasteiger partial charge on any atom is 0.191 e. The van der Waals surface area contributed by atoms with E-state index in [0.29, 0.717) is 0 Å². The molecule has 0 spiro atoms. The summed E-state index contributed by atoms with van der Waals surface area (Å²) in [5, 5.41) is 14.7. The standard InChI is InChI=1S/C17H27N7.HI/c1-4-16-23-22-13-24(16)11-10-21-17(19-5-2)20-9-7-15-6-8-18-12-14(15)3;/h6,8,12-13H,4-5,7,9-11H2,1-3H3,(H2,19,20,21);1H. The number of aromatic nitrogens is 4. The molecule has 25 heavy (non-hydrogen) atoms. The van der Waals surface area contributed by atoms with Gasteiger partial charge in [0.15, 0.2) is 5.96 Å². The molecule has 2 rings (SSSR count). The number of halogens is 1. The molecule has 0 aromatic carbocycles. The molecule has 0 amide bonds. The van der Waals surface area contributed by atoms with Gasteiger partial charge < -0.3 is 15.2 Å². The normalized spacial score (nSPS) is 11.1. The number of aliphatic imine (C=N–C) groups is 1. The van der Waals surface area contributed by atoms with Crippen molar-refractivity contribution in [2.75, 3.05) is 19.6 Å². The predicted octanol–water partition coefficient (Wildman–Crippen LogP) is 1.96. The monoisotopic (exact) mass is 457 g/mol. The summed E-state index contributed by atoms with van der Waals surface area (Å²) in [6.45, 7) is 9.43. The van der Waals surface area contributed by atoms with Gasteiger partial charge in [0.1, 0.15) is 12.2 Å². The Labute approximate surface area is 166 Å². The van der Waals surface area contributed by atoms with Crippen molar-refractivity contribution in [2.24, 2.45) is 4.99 Å². The highest BCUT2D eigenvalue weighted by atomic mass is 127. The van der Waals surface area contributed by atoms with Crippen molar-refractivity contribution in [3.8, 4) is 0 Å². The molecular formula is C17H28IN7. The predicted molar refractivity (Wildman–Crippen MR) is 111 cm³/mol. The van der Waals surface area contributed by atoms with Gasteiger partial charge in [0.2, 0.25) is 0 Å². The molecule has 0 fully saturated rings. The van der Waals surface area contributed by atoms with Crippen LogP contribution in [0.15, 0.2) is 29.8 Å². The fraction of sp³-hybridized carbons (Fsp3) is 0.529. The lowest BCUT2D eigenvalue weighted by Gasteiger charge is -2.12. The average Bonchev–Trinajstić information content (AvgIpc) is 3.04. The third-order valence-corrected chi connectivity index (χ3v) is 3.79. The van der Waals surface area contributed by atoms with Crippen LogP contribution < -0.4 is 10.6 Å². The molecule has 0 aliphatic heterocycles. The molecular weight excluding hydrogens is 429 g/mol. The second kappa shape index (κ2) is 11.8. The summed E-state index contributed by atoms with van der Waals surface area (Å²) in [6.07, 6.45) is 7.31. The molecule has 0 unspecified atom stereocenters. The lowest BCUT2D eigenvalue weighted by atomic mass is 10.1. The highest BCUT2D eigenvalue weighted by Gasteiger charge is 2.02. The molecule has 2 aromatic rings. The van der Waals surface area contributed by atoms with Crippen LogP contribution in [0, 0.1) is 6.92 Å². The Morgan fingerprint density at radius 2 is 2.12 bits per heavy atom. The molecule has 0 atom stereocenters. The van der Waals surface area contributed by atoms with Gasteiger partial charge in [-0.1, -0.05) is 6.92 Å². The smallest absolute Gasteiger partial charge is 0.191 e. The van der Waals surface area contributed by atoms with Crippen LogP contribution in [0.2, 0.25) is 0 Å². The maximum atomic E-state index is 4.64. The summed E-state index contributed by atoms with van der Waals surface area (Å²) in [5.41, 5.74) is 2.51. The van der Waals surface area contributed by atoms with Gasteiger partial charge in [0.05, 0.1) is 0 Å². The van der Waals surface area contributed by atoms with E-state index >= 15 is 0 Å². The molecule has 2 aromatic heterocycles. The molecule has 0 radical (unpaired) electrons. The molecule has 2 N–H and O–H groups in total. The summed E-state index contributed by atoms with van der Waals surface area (Å²) >= 11 is 0. The van der Waals surface area contributed by atoms with Crippen LogP contribution >= 0.6 is 24.0 Å². The number of nitrogens with one attached hydrogen (secondary N) is 2. The molecule has 8 heteroatoms. The van der Waals surface area contributed by atoms with Gasteiger partial charge in [0, 0.05) is 45.0 Å². The first-order chi connectivity index (χ1) is 11.7. The number of rotatable bonds is 8. The van der Waals surface area contributed by atoms with Crippen LogP contribution in [0.1, 0.15) is 30.8 Å². The molecule has 0 saturated heterocycles. The molecule has 7 nitrogen and oxygen atoms in total. The van der Waals surface area contributed by atoms with Crippen molar-refractivity contribution in [1.82, 2.24) is 30.4 Å². The van der Waals surface area contributed by atoms with Crippen molar-refractivity contribution in [3.63, 3.8) is 0 Å². The van der Waals surface area contributed by atoms with E-state index in [1.54, 1.807) is 6.33 Å². The first kappa shape index (κ1) is 21.3. The van der Waals surface area contributed by atoms with E-state index in [1.165, 1.54) is 11.1 Å². The van der Waals surface area contributed by atoms with Gasteiger partial charge >= 0.3 is 0 Å². The third-order valence-electron chi connectivity index (χ3n) is 3.79. The van der Waals surface area contributed by atoms with Crippen molar-refractivity contribution in [2.45, 2.75) is 40.2 Å². The number of pyridine rings is 1. The Morgan fingerprint density at radius 1 is 1.28 bits per heavy atom. The second-order valence-corrected chi connectivity index (χ2v) is 5.53. The van der Waals surface area contributed by atoms with Crippen molar-refractivity contribution in [1.29, 1.82) is 0 Å². The van der Waals surface area contributed by atoms with Crippen LogP contribution in [-0.2, 0) is 19.4 Å². The fourth-order valence-corrected chi connectivity index (χ4v) is 2.45. The first-order valence-electron chi connectivity index (χ1n) is 8.53. The van der Waals surface area contributed by atoms with Gasteiger partial charge in [0.25, 0.3) is 0 Å². The van der Waals surface area contributed by atoms with E-state index in [0.717, 1.165) is 50.8 Å². The zero-order valence-corrected chi connectivity index (χ0v) is 17.5. The van der Waals surface area contributed by atoms with Gasteiger partial charge in [-0.2, -0.15) is 0 Å². The second-order valence-electron chi connectivity index (χ2n) is 5.53. The third kappa shape index (κ3) is 6.97. The van der Waals surface area contributed by atoms with Crippen molar-refractivity contribution < 1.29 is 0 Å². The average molecular weight is 457 g/mol. The molecule has 138 valence electrons. The minimum absolute atomic E-state index is 0. The van der Waals surface area contributed by atoms with E-state index < -0.39 is 0 Å². The number of hydrogen-bond donors (Lipinski definition) is 2. The van der Waals surface area contributed by atoms with Crippen molar-refractivity contribution in [3.05, 3.63) is 41.7 Å². The Balaban J connectivity index is 0.00000312. The molecule has 0 saturated carbocycles. The Bertz CT molecular complexity index is 654. The zero-order valence-electron chi connectivity index (χ0n) is 15.2. The number of aryl methyl sites for hydroxylation is 2.